The van der Waals surface area contributed by atoms with Crippen molar-refractivity contribution in [1.29, 1.82) is 0 Å². The van der Waals surface area contributed by atoms with Crippen molar-refractivity contribution >= 4 is 46.0 Å². The second-order valence-corrected chi connectivity index (χ2v) is 18.7. The first-order valence-corrected chi connectivity index (χ1v) is 20.3. The first-order chi connectivity index (χ1) is 25.0. The fraction of sp³-hybridized carbons (Fsp3) is 0.273. The van der Waals surface area contributed by atoms with Gasteiger partial charge in [0.1, 0.15) is 5.58 Å². The fourth-order valence-electron chi connectivity index (χ4n) is 6.39. The zero-order valence-corrected chi connectivity index (χ0v) is 32.7. The second-order valence-electron chi connectivity index (χ2n) is 13.6. The van der Waals surface area contributed by atoms with Crippen molar-refractivity contribution in [2.24, 2.45) is 0 Å². The molecular formula is C44H46IrN2OSi-2. The SMILES string of the molecule is [2H]C(C)(C)c1cc(-c2[c-]cccc2)ncc1[Si](C)(C)C.[2H]c1nc(-c2[c-]ccc3c2oc2cc4ccccc4cc23)cc(C(CC)CC)c1C([2H])([2H])[2H].[Ir]. The number of rotatable bonds is 7. The maximum atomic E-state index is 8.50. The third-order valence-electron chi connectivity index (χ3n) is 9.09. The molecule has 3 heterocycles. The van der Waals surface area contributed by atoms with Crippen molar-refractivity contribution in [3.63, 3.8) is 0 Å². The molecule has 0 aliphatic carbocycles. The van der Waals surface area contributed by atoms with Gasteiger partial charge >= 0.3 is 0 Å². The number of furan rings is 1. The Balaban J connectivity index is 0.000000230. The van der Waals surface area contributed by atoms with E-state index in [1.54, 1.807) is 0 Å². The minimum atomic E-state index is -2.39. The van der Waals surface area contributed by atoms with Gasteiger partial charge in [-0.3, -0.25) is 0 Å². The second kappa shape index (κ2) is 15.3. The van der Waals surface area contributed by atoms with Gasteiger partial charge in [0.2, 0.25) is 0 Å². The number of fused-ring (bicyclic) bond motifs is 4. The molecule has 49 heavy (non-hydrogen) atoms. The summed E-state index contributed by atoms with van der Waals surface area (Å²) >= 11 is 0. The zero-order chi connectivity index (χ0) is 38.3. The predicted octanol–water partition coefficient (Wildman–Crippen LogP) is 12.0. The van der Waals surface area contributed by atoms with Crippen LogP contribution in [0, 0.1) is 19.0 Å². The van der Waals surface area contributed by atoms with E-state index < -0.39 is 20.8 Å². The Morgan fingerprint density at radius 3 is 2.20 bits per heavy atom. The molecule has 0 bridgehead atoms. The summed E-state index contributed by atoms with van der Waals surface area (Å²) in [6.45, 7) is 12.5. The first-order valence-electron chi connectivity index (χ1n) is 19.3. The molecule has 0 aliphatic heterocycles. The van der Waals surface area contributed by atoms with Gasteiger partial charge in [-0.25, -0.2) is 0 Å². The quantitative estimate of drug-likeness (QED) is 0.119. The number of nitrogens with zero attached hydrogens (tertiary/aromatic N) is 2. The molecule has 5 heteroatoms. The van der Waals surface area contributed by atoms with Gasteiger partial charge in [-0.15, -0.1) is 54.1 Å². The van der Waals surface area contributed by atoms with Gasteiger partial charge in [0, 0.05) is 43.3 Å². The van der Waals surface area contributed by atoms with E-state index in [1.807, 2.05) is 94.6 Å². The fourth-order valence-corrected chi connectivity index (χ4v) is 7.98. The number of hydrogen-bond acceptors (Lipinski definition) is 3. The molecule has 3 aromatic heterocycles. The first kappa shape index (κ1) is 30.0. The van der Waals surface area contributed by atoms with Crippen molar-refractivity contribution in [2.45, 2.75) is 78.8 Å². The van der Waals surface area contributed by atoms with Crippen LogP contribution in [0.15, 0.2) is 102 Å². The van der Waals surface area contributed by atoms with Crippen LogP contribution in [0.2, 0.25) is 19.6 Å². The van der Waals surface area contributed by atoms with Crippen molar-refractivity contribution in [3.8, 4) is 22.5 Å². The molecule has 0 atom stereocenters. The molecule has 0 unspecified atom stereocenters. The van der Waals surface area contributed by atoms with Gasteiger partial charge in [-0.2, -0.15) is 0 Å². The van der Waals surface area contributed by atoms with E-state index in [0.29, 0.717) is 22.4 Å². The van der Waals surface area contributed by atoms with E-state index in [1.165, 1.54) is 5.19 Å². The summed E-state index contributed by atoms with van der Waals surface area (Å²) < 4.78 is 47.2. The Kier molecular flexibility index (Phi) is 9.38. The molecule has 1 radical (unpaired) electrons. The number of benzene rings is 4. The minimum Gasteiger partial charge on any atom is -0.501 e. The van der Waals surface area contributed by atoms with E-state index in [4.69, 9.17) is 11.3 Å². The Hall–Kier alpha value is -3.89. The van der Waals surface area contributed by atoms with Crippen LogP contribution in [0.1, 0.15) is 75.9 Å². The molecule has 0 aliphatic rings. The molecule has 7 rings (SSSR count). The van der Waals surface area contributed by atoms with Crippen LogP contribution in [-0.4, -0.2) is 18.0 Å². The summed E-state index contributed by atoms with van der Waals surface area (Å²) in [7, 11) is -1.50. The molecule has 0 spiro atoms. The monoisotopic (exact) mass is 844 g/mol. The van der Waals surface area contributed by atoms with Crippen LogP contribution >= 0.6 is 0 Å². The average Bonchev–Trinajstić information content (AvgIpc) is 3.47. The average molecular weight is 844 g/mol. The molecule has 0 saturated heterocycles. The number of hydrogen-bond donors (Lipinski definition) is 0. The van der Waals surface area contributed by atoms with Crippen LogP contribution < -0.4 is 5.19 Å². The Labute approximate surface area is 313 Å². The van der Waals surface area contributed by atoms with Gasteiger partial charge in [0.25, 0.3) is 0 Å². The van der Waals surface area contributed by atoms with Gasteiger partial charge in [-0.05, 0) is 82.1 Å². The summed E-state index contributed by atoms with van der Waals surface area (Å²) in [5, 5.41) is 5.45. The van der Waals surface area contributed by atoms with Crippen LogP contribution in [0.5, 0.6) is 0 Å². The summed E-state index contributed by atoms with van der Waals surface area (Å²) in [5.74, 6) is -0.575. The largest absolute Gasteiger partial charge is 0.501 e. The van der Waals surface area contributed by atoms with E-state index in [-0.39, 0.29) is 37.8 Å². The van der Waals surface area contributed by atoms with Crippen molar-refractivity contribution in [1.82, 2.24) is 9.97 Å². The predicted molar refractivity (Wildman–Crippen MR) is 207 cm³/mol. The molecule has 4 aromatic carbocycles. The standard InChI is InChI=1S/C27H24NO.C17H22NSi.Ir/c1-4-18(5-2)23-15-25(28-16-17(23)3)22-12-8-11-21-24-13-19-9-6-7-10-20(19)14-26(24)29-27(21)22;1-13(2)15-11-16(14-9-7-6-8-10-14)18-12-17(15)19(3,4)5;/h6-11,13-16,18H,4-5H2,1-3H3;6-9,11-13H,1-5H3;/q2*-1;/i3D3,16D;13D;. The van der Waals surface area contributed by atoms with Crippen molar-refractivity contribution in [2.75, 3.05) is 0 Å². The molecule has 7 aromatic rings. The van der Waals surface area contributed by atoms with E-state index in [0.717, 1.165) is 56.8 Å². The van der Waals surface area contributed by atoms with Gasteiger partial charge in [0.15, 0.2) is 0 Å². The third-order valence-corrected chi connectivity index (χ3v) is 11.1. The van der Waals surface area contributed by atoms with E-state index >= 15 is 0 Å². The van der Waals surface area contributed by atoms with Crippen LogP contribution in [0.3, 0.4) is 0 Å². The summed E-state index contributed by atoms with van der Waals surface area (Å²) in [4.78, 5) is 9.02. The van der Waals surface area contributed by atoms with Crippen molar-refractivity contribution in [3.05, 3.63) is 126 Å². The molecule has 3 nitrogen and oxygen atoms in total. The topological polar surface area (TPSA) is 38.9 Å². The maximum Gasteiger partial charge on any atom is 0.121 e. The smallest absolute Gasteiger partial charge is 0.121 e. The summed E-state index contributed by atoms with van der Waals surface area (Å²) in [5.41, 5.74) is 6.28. The number of pyridine rings is 2. The Bertz CT molecular complexity index is 2410. The van der Waals surface area contributed by atoms with Gasteiger partial charge in [-0.1, -0.05) is 100 Å². The zero-order valence-electron chi connectivity index (χ0n) is 34.3. The van der Waals surface area contributed by atoms with Gasteiger partial charge in [0.05, 0.1) is 15.0 Å². The molecule has 0 fully saturated rings. The molecule has 0 saturated carbocycles. The van der Waals surface area contributed by atoms with Gasteiger partial charge < -0.3 is 14.4 Å². The summed E-state index contributed by atoms with van der Waals surface area (Å²) in [6, 6.07) is 34.3. The normalized spacial score (nSPS) is 13.6. The van der Waals surface area contributed by atoms with Crippen molar-refractivity contribution < 1.29 is 31.4 Å². The summed E-state index contributed by atoms with van der Waals surface area (Å²) in [6.07, 6.45) is 3.34. The number of aromatic nitrogens is 2. The molecule has 253 valence electrons. The van der Waals surface area contributed by atoms with Crippen LogP contribution in [0.4, 0.5) is 0 Å². The molecular weight excluding hydrogens is 793 g/mol. The third kappa shape index (κ3) is 7.65. The van der Waals surface area contributed by atoms with Crippen LogP contribution in [0.25, 0.3) is 55.2 Å². The molecule has 0 amide bonds. The Morgan fingerprint density at radius 1 is 0.837 bits per heavy atom. The van der Waals surface area contributed by atoms with E-state index in [2.05, 4.69) is 66.0 Å². The maximum absolute atomic E-state index is 8.50. The van der Waals surface area contributed by atoms with Crippen LogP contribution in [-0.2, 0) is 20.1 Å². The molecule has 0 N–H and O–H groups in total. The Morgan fingerprint density at radius 2 is 1.55 bits per heavy atom. The van der Waals surface area contributed by atoms with E-state index in [9.17, 15) is 0 Å². The minimum absolute atomic E-state index is 0.